The van der Waals surface area contributed by atoms with Crippen molar-refractivity contribution in [2.24, 2.45) is 0 Å². The SMILES string of the molecule is COc1ccc2oc(=O)c(C(=O)Nc3ccccc3C(C)C)cc2c1. The van der Waals surface area contributed by atoms with E-state index in [0.717, 1.165) is 5.56 Å². The first-order chi connectivity index (χ1) is 12.0. The van der Waals surface area contributed by atoms with Crippen molar-refractivity contribution in [3.8, 4) is 5.75 Å². The Labute approximate surface area is 145 Å². The van der Waals surface area contributed by atoms with Gasteiger partial charge in [-0.15, -0.1) is 0 Å². The van der Waals surface area contributed by atoms with Crippen LogP contribution in [-0.2, 0) is 0 Å². The molecule has 3 aromatic rings. The van der Waals surface area contributed by atoms with Gasteiger partial charge in [0.15, 0.2) is 0 Å². The summed E-state index contributed by atoms with van der Waals surface area (Å²) in [5, 5.41) is 3.44. The van der Waals surface area contributed by atoms with E-state index in [1.165, 1.54) is 6.07 Å². The van der Waals surface area contributed by atoms with Gasteiger partial charge in [-0.3, -0.25) is 4.79 Å². The van der Waals surface area contributed by atoms with E-state index in [-0.39, 0.29) is 11.5 Å². The number of amides is 1. The fourth-order valence-corrected chi connectivity index (χ4v) is 2.69. The van der Waals surface area contributed by atoms with Crippen LogP contribution >= 0.6 is 0 Å². The number of hydrogen-bond donors (Lipinski definition) is 1. The maximum atomic E-state index is 12.6. The molecule has 0 spiro atoms. The third kappa shape index (κ3) is 3.40. The molecule has 128 valence electrons. The summed E-state index contributed by atoms with van der Waals surface area (Å²) in [6, 6.07) is 14.1. The average Bonchev–Trinajstić information content (AvgIpc) is 2.61. The molecular weight excluding hydrogens is 318 g/mol. The summed E-state index contributed by atoms with van der Waals surface area (Å²) < 4.78 is 10.4. The van der Waals surface area contributed by atoms with Gasteiger partial charge in [-0.25, -0.2) is 4.79 Å². The van der Waals surface area contributed by atoms with E-state index in [1.54, 1.807) is 25.3 Å². The number of methoxy groups -OCH3 is 1. The Morgan fingerprint density at radius 2 is 1.88 bits per heavy atom. The predicted octanol–water partition coefficient (Wildman–Crippen LogP) is 4.18. The number of carbonyl (C=O) groups is 1. The minimum absolute atomic E-state index is 0.0423. The van der Waals surface area contributed by atoms with Crippen molar-refractivity contribution in [3.63, 3.8) is 0 Å². The van der Waals surface area contributed by atoms with E-state index in [9.17, 15) is 9.59 Å². The molecule has 5 heteroatoms. The van der Waals surface area contributed by atoms with E-state index in [4.69, 9.17) is 9.15 Å². The number of para-hydroxylation sites is 1. The molecule has 0 aliphatic carbocycles. The third-order valence-electron chi connectivity index (χ3n) is 4.01. The highest BCUT2D eigenvalue weighted by molar-refractivity contribution is 6.05. The van der Waals surface area contributed by atoms with Gasteiger partial charge in [-0.2, -0.15) is 0 Å². The molecule has 3 rings (SSSR count). The van der Waals surface area contributed by atoms with E-state index in [0.29, 0.717) is 22.4 Å². The standard InChI is InChI=1S/C20H19NO4/c1-12(2)15-6-4-5-7-17(15)21-19(22)16-11-13-10-14(24-3)8-9-18(13)25-20(16)23/h4-12H,1-3H3,(H,21,22). The van der Waals surface area contributed by atoms with Gasteiger partial charge in [0.2, 0.25) is 0 Å². The molecule has 0 saturated heterocycles. The number of ether oxygens (including phenoxy) is 1. The molecule has 0 atom stereocenters. The van der Waals surface area contributed by atoms with Gasteiger partial charge in [0.25, 0.3) is 5.91 Å². The average molecular weight is 337 g/mol. The molecule has 25 heavy (non-hydrogen) atoms. The topological polar surface area (TPSA) is 68.5 Å². The first-order valence-corrected chi connectivity index (χ1v) is 8.01. The van der Waals surface area contributed by atoms with E-state index >= 15 is 0 Å². The molecule has 5 nitrogen and oxygen atoms in total. The summed E-state index contributed by atoms with van der Waals surface area (Å²) in [6.07, 6.45) is 0. The number of fused-ring (bicyclic) bond motifs is 1. The van der Waals surface area contributed by atoms with Gasteiger partial charge < -0.3 is 14.5 Å². The second kappa shape index (κ2) is 6.81. The molecule has 0 bridgehead atoms. The smallest absolute Gasteiger partial charge is 0.349 e. The maximum absolute atomic E-state index is 12.6. The molecular formula is C20H19NO4. The van der Waals surface area contributed by atoms with Crippen LogP contribution in [0.25, 0.3) is 11.0 Å². The minimum atomic E-state index is -0.669. The molecule has 0 saturated carbocycles. The zero-order chi connectivity index (χ0) is 18.0. The lowest BCUT2D eigenvalue weighted by atomic mass is 10.0. The second-order valence-corrected chi connectivity index (χ2v) is 6.05. The van der Waals surface area contributed by atoms with Crippen LogP contribution in [0.15, 0.2) is 57.7 Å². The maximum Gasteiger partial charge on any atom is 0.349 e. The van der Waals surface area contributed by atoms with Crippen molar-refractivity contribution < 1.29 is 13.9 Å². The Hall–Kier alpha value is -3.08. The molecule has 0 unspecified atom stereocenters. The molecule has 1 N–H and O–H groups in total. The first kappa shape index (κ1) is 16.8. The van der Waals surface area contributed by atoms with Gasteiger partial charge in [0.05, 0.1) is 7.11 Å². The number of benzene rings is 2. The summed E-state index contributed by atoms with van der Waals surface area (Å²) in [4.78, 5) is 24.8. The Balaban J connectivity index is 2.00. The van der Waals surface area contributed by atoms with E-state index < -0.39 is 11.5 Å². The van der Waals surface area contributed by atoms with Crippen molar-refractivity contribution in [1.29, 1.82) is 0 Å². The van der Waals surface area contributed by atoms with Crippen LogP contribution in [0.1, 0.15) is 35.7 Å². The van der Waals surface area contributed by atoms with Crippen LogP contribution in [0.4, 0.5) is 5.69 Å². The Morgan fingerprint density at radius 1 is 1.12 bits per heavy atom. The fraction of sp³-hybridized carbons (Fsp3) is 0.200. The fourth-order valence-electron chi connectivity index (χ4n) is 2.69. The van der Waals surface area contributed by atoms with Crippen molar-refractivity contribution in [1.82, 2.24) is 0 Å². The Kier molecular flexibility index (Phi) is 4.57. The zero-order valence-corrected chi connectivity index (χ0v) is 14.3. The number of anilines is 1. The van der Waals surface area contributed by atoms with Crippen LogP contribution in [-0.4, -0.2) is 13.0 Å². The van der Waals surface area contributed by atoms with Crippen LogP contribution in [0.2, 0.25) is 0 Å². The molecule has 0 aliphatic rings. The minimum Gasteiger partial charge on any atom is -0.497 e. The number of carbonyl (C=O) groups excluding carboxylic acids is 1. The Bertz CT molecular complexity index is 988. The van der Waals surface area contributed by atoms with Crippen LogP contribution in [0.3, 0.4) is 0 Å². The highest BCUT2D eigenvalue weighted by Crippen LogP contribution is 2.25. The number of nitrogens with one attached hydrogen (secondary N) is 1. The summed E-state index contributed by atoms with van der Waals surface area (Å²) in [5.74, 6) is 0.373. The normalized spacial score (nSPS) is 10.9. The highest BCUT2D eigenvalue weighted by atomic mass is 16.5. The molecule has 0 aliphatic heterocycles. The number of rotatable bonds is 4. The van der Waals surface area contributed by atoms with Crippen molar-refractivity contribution in [2.75, 3.05) is 12.4 Å². The quantitative estimate of drug-likeness (QED) is 0.725. The van der Waals surface area contributed by atoms with E-state index in [2.05, 4.69) is 5.32 Å². The largest absolute Gasteiger partial charge is 0.497 e. The highest BCUT2D eigenvalue weighted by Gasteiger charge is 2.16. The van der Waals surface area contributed by atoms with Gasteiger partial charge >= 0.3 is 5.63 Å². The van der Waals surface area contributed by atoms with Crippen LogP contribution in [0, 0.1) is 0 Å². The zero-order valence-electron chi connectivity index (χ0n) is 14.3. The van der Waals surface area contributed by atoms with Gasteiger partial charge in [0, 0.05) is 11.1 Å². The second-order valence-electron chi connectivity index (χ2n) is 6.05. The molecule has 1 heterocycles. The van der Waals surface area contributed by atoms with Gasteiger partial charge in [0.1, 0.15) is 16.9 Å². The predicted molar refractivity (Wildman–Crippen MR) is 97.5 cm³/mol. The monoisotopic (exact) mass is 337 g/mol. The first-order valence-electron chi connectivity index (χ1n) is 8.01. The third-order valence-corrected chi connectivity index (χ3v) is 4.01. The molecule has 0 fully saturated rings. The molecule has 2 aromatic carbocycles. The summed E-state index contributed by atoms with van der Waals surface area (Å²) >= 11 is 0. The lowest BCUT2D eigenvalue weighted by molar-refractivity contribution is 0.102. The van der Waals surface area contributed by atoms with Crippen molar-refractivity contribution in [2.45, 2.75) is 19.8 Å². The lowest BCUT2D eigenvalue weighted by Gasteiger charge is -2.13. The summed E-state index contributed by atoms with van der Waals surface area (Å²) in [5.41, 5.74) is 1.39. The van der Waals surface area contributed by atoms with Crippen LogP contribution in [0.5, 0.6) is 5.75 Å². The van der Waals surface area contributed by atoms with E-state index in [1.807, 2.05) is 38.1 Å². The number of hydrogen-bond acceptors (Lipinski definition) is 4. The molecule has 0 radical (unpaired) electrons. The van der Waals surface area contributed by atoms with Crippen molar-refractivity contribution >= 4 is 22.6 Å². The van der Waals surface area contributed by atoms with Crippen LogP contribution < -0.4 is 15.7 Å². The summed E-state index contributed by atoms with van der Waals surface area (Å²) in [6.45, 7) is 4.09. The lowest BCUT2D eigenvalue weighted by Crippen LogP contribution is -2.21. The Morgan fingerprint density at radius 3 is 2.60 bits per heavy atom. The van der Waals surface area contributed by atoms with Crippen molar-refractivity contribution in [3.05, 3.63) is 70.1 Å². The molecule has 1 aromatic heterocycles. The molecule has 1 amide bonds. The van der Waals surface area contributed by atoms with Gasteiger partial charge in [-0.05, 0) is 41.8 Å². The summed E-state index contributed by atoms with van der Waals surface area (Å²) in [7, 11) is 1.55. The van der Waals surface area contributed by atoms with Gasteiger partial charge in [-0.1, -0.05) is 32.0 Å².